The summed E-state index contributed by atoms with van der Waals surface area (Å²) in [4.78, 5) is 11.0. The van der Waals surface area contributed by atoms with Crippen molar-refractivity contribution in [2.24, 2.45) is 0 Å². The van der Waals surface area contributed by atoms with E-state index < -0.39 is 5.41 Å². The maximum atomic E-state index is 5.50. The summed E-state index contributed by atoms with van der Waals surface area (Å²) >= 11 is 0. The summed E-state index contributed by atoms with van der Waals surface area (Å²) < 4.78 is 3.68. The minimum Gasteiger partial charge on any atom is -0.231 e. The Morgan fingerprint density at radius 3 is 1.13 bits per heavy atom. The number of hydrogen-bond donors (Lipinski definition) is 0. The molecule has 0 spiro atoms. The molecule has 4 heterocycles. The van der Waals surface area contributed by atoms with Gasteiger partial charge in [0.25, 0.3) is 0 Å². The van der Waals surface area contributed by atoms with E-state index in [1.165, 1.54) is 0 Å². The largest absolute Gasteiger partial charge is 0.231 e. The molecule has 0 N–H and O–H groups in total. The monoisotopic (exact) mass is 606 g/mol. The van der Waals surface area contributed by atoms with Gasteiger partial charge in [-0.15, -0.1) is 0 Å². The number of nitrogens with zero attached hydrogens (tertiary/aromatic N) is 6. The maximum Gasteiger partial charge on any atom is 0.161 e. The van der Waals surface area contributed by atoms with Crippen molar-refractivity contribution >= 4 is 0 Å². The van der Waals surface area contributed by atoms with E-state index in [2.05, 4.69) is 107 Å². The van der Waals surface area contributed by atoms with Crippen molar-refractivity contribution in [2.45, 2.75) is 5.41 Å². The molecule has 0 bridgehead atoms. The second kappa shape index (κ2) is 12.2. The third-order valence-electron chi connectivity index (χ3n) is 8.54. The molecule has 6 nitrogen and oxygen atoms in total. The van der Waals surface area contributed by atoms with E-state index in [1.54, 1.807) is 12.4 Å². The van der Waals surface area contributed by atoms with E-state index in [-0.39, 0.29) is 0 Å². The molecular formula is C41H30N6. The van der Waals surface area contributed by atoms with E-state index >= 15 is 0 Å². The molecule has 8 rings (SSSR count). The zero-order chi connectivity index (χ0) is 31.5. The SMILES string of the molecule is c1ccc(-c2ccc(C(c3ccccc3)(c3ccccc3)c3ccc(-c4ccccc4)c(-n4cccn4)n3)nc2-n2cccn2)cc1. The van der Waals surface area contributed by atoms with Gasteiger partial charge in [0.05, 0.1) is 11.4 Å². The van der Waals surface area contributed by atoms with Crippen LogP contribution in [-0.4, -0.2) is 29.5 Å². The van der Waals surface area contributed by atoms with Crippen LogP contribution in [0.15, 0.2) is 183 Å². The fourth-order valence-electron chi connectivity index (χ4n) is 6.40. The molecular weight excluding hydrogens is 576 g/mol. The van der Waals surface area contributed by atoms with E-state index in [1.807, 2.05) is 82.4 Å². The van der Waals surface area contributed by atoms with Crippen LogP contribution < -0.4 is 0 Å². The highest BCUT2D eigenvalue weighted by Gasteiger charge is 2.42. The van der Waals surface area contributed by atoms with Gasteiger partial charge in [0, 0.05) is 35.9 Å². The Kier molecular flexibility index (Phi) is 7.28. The van der Waals surface area contributed by atoms with Gasteiger partial charge in [0.15, 0.2) is 11.6 Å². The summed E-state index contributed by atoms with van der Waals surface area (Å²) in [5.74, 6) is 1.48. The fourth-order valence-corrected chi connectivity index (χ4v) is 6.40. The smallest absolute Gasteiger partial charge is 0.161 e. The lowest BCUT2D eigenvalue weighted by molar-refractivity contribution is 0.673. The lowest BCUT2D eigenvalue weighted by Gasteiger charge is -2.35. The van der Waals surface area contributed by atoms with Gasteiger partial charge in [-0.3, -0.25) is 0 Å². The van der Waals surface area contributed by atoms with Crippen molar-refractivity contribution in [1.82, 2.24) is 29.5 Å². The predicted octanol–water partition coefficient (Wildman–Crippen LogP) is 8.56. The maximum absolute atomic E-state index is 5.50. The van der Waals surface area contributed by atoms with Crippen LogP contribution in [0.2, 0.25) is 0 Å². The van der Waals surface area contributed by atoms with Crippen LogP contribution in [0.5, 0.6) is 0 Å². The van der Waals surface area contributed by atoms with Crippen molar-refractivity contribution in [1.29, 1.82) is 0 Å². The number of pyridine rings is 2. The molecule has 0 radical (unpaired) electrons. The Balaban J connectivity index is 1.47. The minimum atomic E-state index is -0.892. The van der Waals surface area contributed by atoms with Crippen molar-refractivity contribution in [3.05, 3.63) is 205 Å². The molecule has 8 aromatic rings. The highest BCUT2D eigenvalue weighted by atomic mass is 15.3. The summed E-state index contributed by atoms with van der Waals surface area (Å²) in [5.41, 5.74) is 6.94. The molecule has 0 fully saturated rings. The summed E-state index contributed by atoms with van der Waals surface area (Å²) in [6.45, 7) is 0. The molecule has 0 atom stereocenters. The number of aromatic nitrogens is 6. The van der Waals surface area contributed by atoms with Gasteiger partial charge in [-0.05, 0) is 58.7 Å². The Hall–Kier alpha value is -6.40. The Bertz CT molecular complexity index is 2050. The molecule has 0 saturated heterocycles. The third-order valence-corrected chi connectivity index (χ3v) is 8.54. The molecule has 0 aliphatic rings. The Morgan fingerprint density at radius 1 is 0.383 bits per heavy atom. The molecule has 4 aromatic carbocycles. The van der Waals surface area contributed by atoms with E-state index in [9.17, 15) is 0 Å². The predicted molar refractivity (Wildman–Crippen MR) is 185 cm³/mol. The van der Waals surface area contributed by atoms with Crippen molar-refractivity contribution < 1.29 is 0 Å². The highest BCUT2D eigenvalue weighted by molar-refractivity contribution is 5.74. The second-order valence-corrected chi connectivity index (χ2v) is 11.3. The fraction of sp³-hybridized carbons (Fsp3) is 0.0244. The van der Waals surface area contributed by atoms with Crippen LogP contribution in [0, 0.1) is 0 Å². The van der Waals surface area contributed by atoms with E-state index in [0.29, 0.717) is 0 Å². The summed E-state index contributed by atoms with van der Waals surface area (Å²) in [6.07, 6.45) is 7.44. The molecule has 0 aliphatic heterocycles. The first-order valence-corrected chi connectivity index (χ1v) is 15.6. The average Bonchev–Trinajstić information content (AvgIpc) is 3.90. The summed E-state index contributed by atoms with van der Waals surface area (Å²) in [6, 6.07) is 54.1. The number of rotatable bonds is 8. The summed E-state index contributed by atoms with van der Waals surface area (Å²) in [7, 11) is 0. The van der Waals surface area contributed by atoms with Gasteiger partial charge < -0.3 is 0 Å². The normalized spacial score (nSPS) is 11.4. The molecule has 0 saturated carbocycles. The lowest BCUT2D eigenvalue weighted by Crippen LogP contribution is -2.34. The van der Waals surface area contributed by atoms with Crippen molar-refractivity contribution in [2.75, 3.05) is 0 Å². The first-order chi connectivity index (χ1) is 23.3. The molecule has 0 amide bonds. The molecule has 0 aliphatic carbocycles. The number of benzene rings is 4. The lowest BCUT2D eigenvalue weighted by atomic mass is 9.69. The molecule has 6 heteroatoms. The van der Waals surface area contributed by atoms with Gasteiger partial charge in [-0.1, -0.05) is 121 Å². The van der Waals surface area contributed by atoms with Crippen LogP contribution >= 0.6 is 0 Å². The quantitative estimate of drug-likeness (QED) is 0.174. The van der Waals surface area contributed by atoms with Crippen LogP contribution in [0.1, 0.15) is 22.5 Å². The minimum absolute atomic E-state index is 0.739. The third kappa shape index (κ3) is 5.02. The van der Waals surface area contributed by atoms with Crippen LogP contribution in [-0.2, 0) is 5.41 Å². The first-order valence-electron chi connectivity index (χ1n) is 15.6. The molecule has 224 valence electrons. The molecule has 0 unspecified atom stereocenters. The number of hydrogen-bond acceptors (Lipinski definition) is 4. The van der Waals surface area contributed by atoms with Gasteiger partial charge in [-0.25, -0.2) is 19.3 Å². The van der Waals surface area contributed by atoms with Crippen molar-refractivity contribution in [3.8, 4) is 33.9 Å². The van der Waals surface area contributed by atoms with Gasteiger partial charge in [0.1, 0.15) is 5.41 Å². The molecule has 4 aromatic heterocycles. The Labute approximate surface area is 273 Å². The van der Waals surface area contributed by atoms with Crippen LogP contribution in [0.25, 0.3) is 33.9 Å². The first kappa shape index (κ1) is 28.1. The zero-order valence-electron chi connectivity index (χ0n) is 25.5. The highest BCUT2D eigenvalue weighted by Crippen LogP contribution is 2.45. The molecule has 47 heavy (non-hydrogen) atoms. The van der Waals surface area contributed by atoms with E-state index in [0.717, 1.165) is 56.4 Å². The van der Waals surface area contributed by atoms with Gasteiger partial charge >= 0.3 is 0 Å². The van der Waals surface area contributed by atoms with Gasteiger partial charge in [0.2, 0.25) is 0 Å². The van der Waals surface area contributed by atoms with Crippen molar-refractivity contribution in [3.63, 3.8) is 0 Å². The second-order valence-electron chi connectivity index (χ2n) is 11.3. The zero-order valence-corrected chi connectivity index (χ0v) is 25.5. The standard InChI is InChI=1S/C41H30N6/c1-5-15-31(16-6-1)35-23-25-37(44-39(35)46-29-13-27-42-46)41(33-19-9-3-10-20-33,34-21-11-4-12-22-34)38-26-24-36(32-17-7-2-8-18-32)40(45-38)47-30-14-28-43-47/h1-30H. The van der Waals surface area contributed by atoms with Crippen LogP contribution in [0.3, 0.4) is 0 Å². The summed E-state index contributed by atoms with van der Waals surface area (Å²) in [5, 5.41) is 9.27. The van der Waals surface area contributed by atoms with E-state index in [4.69, 9.17) is 9.97 Å². The van der Waals surface area contributed by atoms with Crippen LogP contribution in [0.4, 0.5) is 0 Å². The topological polar surface area (TPSA) is 61.4 Å². The average molecular weight is 607 g/mol. The Morgan fingerprint density at radius 2 is 0.766 bits per heavy atom. The van der Waals surface area contributed by atoms with Gasteiger partial charge in [-0.2, -0.15) is 10.2 Å².